The first-order valence-electron chi connectivity index (χ1n) is 7.81. The summed E-state index contributed by atoms with van der Waals surface area (Å²) in [5, 5.41) is 12.1. The molecule has 2 amide bonds. The van der Waals surface area contributed by atoms with E-state index >= 15 is 0 Å². The molecule has 28 heavy (non-hydrogen) atoms. The number of carbonyl (C=O) groups excluding carboxylic acids is 3. The maximum absolute atomic E-state index is 12.6. The van der Waals surface area contributed by atoms with Crippen molar-refractivity contribution in [2.75, 3.05) is 26.5 Å². The van der Waals surface area contributed by atoms with Gasteiger partial charge in [0, 0.05) is 19.0 Å². The number of thiophene rings is 2. The van der Waals surface area contributed by atoms with Gasteiger partial charge in [0.1, 0.15) is 16.6 Å². The zero-order valence-electron chi connectivity index (χ0n) is 15.5. The molecule has 0 saturated heterocycles. The number of halogens is 1. The highest BCUT2D eigenvalue weighted by Gasteiger charge is 2.27. The Labute approximate surface area is 178 Å². The van der Waals surface area contributed by atoms with E-state index in [1.54, 1.807) is 33.2 Å². The molecule has 2 heterocycles. The number of anilines is 1. The summed E-state index contributed by atoms with van der Waals surface area (Å²) < 4.78 is 5.65. The monoisotopic (exact) mass is 481 g/mol. The van der Waals surface area contributed by atoms with E-state index in [1.165, 1.54) is 29.4 Å². The number of nitrogens with zero attached hydrogens (tertiary/aromatic N) is 2. The van der Waals surface area contributed by atoms with E-state index in [2.05, 4.69) is 21.2 Å². The quantitative estimate of drug-likeness (QED) is 0.396. The van der Waals surface area contributed by atoms with Crippen molar-refractivity contribution in [3.05, 3.63) is 42.4 Å². The number of esters is 1. The molecule has 7 nitrogen and oxygen atoms in total. The van der Waals surface area contributed by atoms with Gasteiger partial charge in [0.05, 0.1) is 21.3 Å². The van der Waals surface area contributed by atoms with Crippen molar-refractivity contribution in [3.63, 3.8) is 0 Å². The minimum absolute atomic E-state index is 0.0993. The van der Waals surface area contributed by atoms with Gasteiger partial charge in [-0.25, -0.2) is 4.79 Å². The highest BCUT2D eigenvalue weighted by atomic mass is 79.9. The van der Waals surface area contributed by atoms with Crippen molar-refractivity contribution in [1.82, 2.24) is 4.90 Å². The predicted octanol–water partition coefficient (Wildman–Crippen LogP) is 3.91. The number of nitrogens with one attached hydrogen (secondary N) is 1. The van der Waals surface area contributed by atoms with E-state index in [0.717, 1.165) is 20.0 Å². The minimum atomic E-state index is -0.678. The molecule has 0 bridgehead atoms. The highest BCUT2D eigenvalue weighted by molar-refractivity contribution is 9.11. The number of hydrogen-bond acceptors (Lipinski definition) is 7. The first-order chi connectivity index (χ1) is 13.2. The van der Waals surface area contributed by atoms with Crippen LogP contribution in [0.4, 0.5) is 5.00 Å². The van der Waals surface area contributed by atoms with Crippen molar-refractivity contribution in [3.8, 4) is 6.07 Å². The third-order valence-electron chi connectivity index (χ3n) is 3.61. The molecule has 1 N–H and O–H groups in total. The summed E-state index contributed by atoms with van der Waals surface area (Å²) in [5.74, 6) is -1.65. The largest absolute Gasteiger partial charge is 0.465 e. The summed E-state index contributed by atoms with van der Waals surface area (Å²) in [4.78, 5) is 39.6. The molecular formula is C18H16BrN3O4S2. The Morgan fingerprint density at radius 3 is 2.46 bits per heavy atom. The van der Waals surface area contributed by atoms with Gasteiger partial charge in [-0.2, -0.15) is 5.26 Å². The third-order valence-corrected chi connectivity index (χ3v) is 6.38. The van der Waals surface area contributed by atoms with Gasteiger partial charge in [0.15, 0.2) is 0 Å². The van der Waals surface area contributed by atoms with Crippen LogP contribution in [0, 0.1) is 18.3 Å². The summed E-state index contributed by atoms with van der Waals surface area (Å²) in [7, 11) is 4.40. The smallest absolute Gasteiger partial charge is 0.341 e. The van der Waals surface area contributed by atoms with Gasteiger partial charge in [0.25, 0.3) is 11.8 Å². The molecular weight excluding hydrogens is 466 g/mol. The van der Waals surface area contributed by atoms with Gasteiger partial charge in [-0.15, -0.1) is 22.7 Å². The summed E-state index contributed by atoms with van der Waals surface area (Å²) in [6.07, 6.45) is 1.45. The molecule has 0 saturated carbocycles. The minimum Gasteiger partial charge on any atom is -0.465 e. The van der Waals surface area contributed by atoms with E-state index < -0.39 is 11.9 Å². The average Bonchev–Trinajstić information content (AvgIpc) is 3.21. The Morgan fingerprint density at radius 2 is 1.96 bits per heavy atom. The zero-order chi connectivity index (χ0) is 21.0. The number of nitriles is 1. The molecule has 0 aliphatic carbocycles. The second-order valence-electron chi connectivity index (χ2n) is 5.72. The first-order valence-corrected chi connectivity index (χ1v) is 10.2. The molecule has 0 unspecified atom stereocenters. The van der Waals surface area contributed by atoms with Crippen LogP contribution in [-0.2, 0) is 9.53 Å². The van der Waals surface area contributed by atoms with Crippen molar-refractivity contribution in [1.29, 1.82) is 5.26 Å². The average molecular weight is 482 g/mol. The fraction of sp³-hybridized carbons (Fsp3) is 0.222. The van der Waals surface area contributed by atoms with Gasteiger partial charge < -0.3 is 15.0 Å². The van der Waals surface area contributed by atoms with Crippen LogP contribution >= 0.6 is 38.6 Å². The first kappa shape index (κ1) is 21.8. The molecule has 0 atom stereocenters. The maximum Gasteiger partial charge on any atom is 0.341 e. The molecule has 2 aromatic heterocycles. The summed E-state index contributed by atoms with van der Waals surface area (Å²) in [6.45, 7) is 1.61. The van der Waals surface area contributed by atoms with Crippen LogP contribution in [0.3, 0.4) is 0 Å². The van der Waals surface area contributed by atoms with Gasteiger partial charge in [-0.1, -0.05) is 0 Å². The molecule has 0 aliphatic heterocycles. The van der Waals surface area contributed by atoms with E-state index in [1.807, 2.05) is 6.07 Å². The Hall–Kier alpha value is -2.48. The lowest BCUT2D eigenvalue weighted by Crippen LogP contribution is -2.21. The van der Waals surface area contributed by atoms with E-state index in [0.29, 0.717) is 10.4 Å². The predicted molar refractivity (Wildman–Crippen MR) is 113 cm³/mol. The Kier molecular flexibility index (Phi) is 7.12. The molecule has 2 rings (SSSR count). The second kappa shape index (κ2) is 9.14. The van der Waals surface area contributed by atoms with E-state index in [9.17, 15) is 19.6 Å². The number of methoxy groups -OCH3 is 1. The lowest BCUT2D eigenvalue weighted by Gasteiger charge is -2.08. The Balaban J connectivity index is 2.43. The van der Waals surface area contributed by atoms with Gasteiger partial charge in [-0.3, -0.25) is 9.59 Å². The van der Waals surface area contributed by atoms with Crippen LogP contribution in [0.25, 0.3) is 6.08 Å². The fourth-order valence-electron chi connectivity index (χ4n) is 2.22. The second-order valence-corrected chi connectivity index (χ2v) is 9.23. The molecule has 10 heteroatoms. The molecule has 146 valence electrons. The summed E-state index contributed by atoms with van der Waals surface area (Å²) in [6, 6.07) is 5.43. The molecule has 0 aliphatic rings. The standard InChI is InChI=1S/C18H16BrN3O4S2/c1-9-13(18(25)26-4)16(28-14(9)17(24)22(2)3)21-15(23)10(8-20)7-11-5-6-12(19)27-11/h5-7H,1-4H3,(H,21,23)/b10-7+. The van der Waals surface area contributed by atoms with Crippen LogP contribution in [-0.4, -0.2) is 43.9 Å². The lowest BCUT2D eigenvalue weighted by molar-refractivity contribution is -0.112. The maximum atomic E-state index is 12.6. The number of rotatable bonds is 5. The van der Waals surface area contributed by atoms with Crippen LogP contribution in [0.5, 0.6) is 0 Å². The third kappa shape index (κ3) is 4.67. The summed E-state index contributed by atoms with van der Waals surface area (Å²) in [5.41, 5.74) is 0.384. The topological polar surface area (TPSA) is 99.5 Å². The Bertz CT molecular complexity index is 1010. The number of hydrogen-bond donors (Lipinski definition) is 1. The molecule has 0 aromatic carbocycles. The van der Waals surface area contributed by atoms with Gasteiger partial charge in [0.2, 0.25) is 0 Å². The lowest BCUT2D eigenvalue weighted by atomic mass is 10.1. The SMILES string of the molecule is COC(=O)c1c(NC(=O)/C(C#N)=C/c2ccc(Br)s2)sc(C(=O)N(C)C)c1C. The normalized spacial score (nSPS) is 10.9. The van der Waals surface area contributed by atoms with Gasteiger partial charge >= 0.3 is 5.97 Å². The van der Waals surface area contributed by atoms with Crippen molar-refractivity contribution in [2.45, 2.75) is 6.92 Å². The highest BCUT2D eigenvalue weighted by Crippen LogP contribution is 2.34. The van der Waals surface area contributed by atoms with Crippen molar-refractivity contribution >= 4 is 67.5 Å². The number of amides is 2. The van der Waals surface area contributed by atoms with Crippen LogP contribution in [0.15, 0.2) is 21.5 Å². The van der Waals surface area contributed by atoms with Crippen molar-refractivity contribution in [2.24, 2.45) is 0 Å². The van der Waals surface area contributed by atoms with Crippen LogP contribution < -0.4 is 5.32 Å². The molecule has 0 spiro atoms. The fourth-order valence-corrected chi connectivity index (χ4v) is 4.80. The molecule has 0 fully saturated rings. The van der Waals surface area contributed by atoms with Crippen LogP contribution in [0.1, 0.15) is 30.5 Å². The van der Waals surface area contributed by atoms with Gasteiger partial charge in [-0.05, 0) is 46.6 Å². The van der Waals surface area contributed by atoms with Crippen molar-refractivity contribution < 1.29 is 19.1 Å². The van der Waals surface area contributed by atoms with E-state index in [4.69, 9.17) is 4.74 Å². The number of ether oxygens (including phenoxy) is 1. The number of carbonyl (C=O) groups is 3. The van der Waals surface area contributed by atoms with Crippen LogP contribution in [0.2, 0.25) is 0 Å². The molecule has 2 aromatic rings. The zero-order valence-corrected chi connectivity index (χ0v) is 18.7. The summed E-state index contributed by atoms with van der Waals surface area (Å²) >= 11 is 5.66. The Morgan fingerprint density at radius 1 is 1.29 bits per heavy atom. The van der Waals surface area contributed by atoms with E-state index in [-0.39, 0.29) is 22.0 Å². The molecule has 0 radical (unpaired) electrons.